The maximum Gasteiger partial charge on any atom is 0.256 e. The number of likely N-dealkylation sites (tertiary alicyclic amines) is 1. The lowest BCUT2D eigenvalue weighted by Gasteiger charge is -2.17. The van der Waals surface area contributed by atoms with Crippen LogP contribution in [0.2, 0.25) is 0 Å². The summed E-state index contributed by atoms with van der Waals surface area (Å²) in [5, 5.41) is 0. The standard InChI is InChI=1S/C18H19FN2O/c1-12-3-4-16(19)15(9-12)18(22)21-8-6-14(11-21)17-10-13(2)5-7-20-17/h3-5,7,9-10,14H,6,8,11H2,1-2H3/t14-/m0/s1. The van der Waals surface area contributed by atoms with Crippen molar-refractivity contribution < 1.29 is 9.18 Å². The van der Waals surface area contributed by atoms with Crippen molar-refractivity contribution in [2.24, 2.45) is 0 Å². The van der Waals surface area contributed by atoms with E-state index in [-0.39, 0.29) is 17.4 Å². The van der Waals surface area contributed by atoms with Crippen LogP contribution in [-0.2, 0) is 0 Å². The zero-order valence-corrected chi connectivity index (χ0v) is 12.8. The van der Waals surface area contributed by atoms with Crippen LogP contribution in [0, 0.1) is 19.7 Å². The third-order valence-corrected chi connectivity index (χ3v) is 4.18. The minimum absolute atomic E-state index is 0.165. The quantitative estimate of drug-likeness (QED) is 0.850. The van der Waals surface area contributed by atoms with Gasteiger partial charge in [-0.15, -0.1) is 0 Å². The highest BCUT2D eigenvalue weighted by Crippen LogP contribution is 2.27. The highest BCUT2D eigenvalue weighted by atomic mass is 19.1. The van der Waals surface area contributed by atoms with E-state index in [1.54, 1.807) is 23.2 Å². The predicted molar refractivity (Wildman–Crippen MR) is 83.4 cm³/mol. The molecule has 2 aromatic rings. The van der Waals surface area contributed by atoms with Crippen molar-refractivity contribution in [1.82, 2.24) is 9.88 Å². The van der Waals surface area contributed by atoms with Gasteiger partial charge in [-0.2, -0.15) is 0 Å². The first-order chi connectivity index (χ1) is 10.5. The summed E-state index contributed by atoms with van der Waals surface area (Å²) in [5.41, 5.74) is 3.23. The van der Waals surface area contributed by atoms with Gasteiger partial charge in [0.2, 0.25) is 0 Å². The molecule has 22 heavy (non-hydrogen) atoms. The molecule has 1 atom stereocenters. The van der Waals surface area contributed by atoms with Gasteiger partial charge in [0.05, 0.1) is 5.56 Å². The number of pyridine rings is 1. The molecule has 1 aliphatic rings. The largest absolute Gasteiger partial charge is 0.338 e. The Balaban J connectivity index is 1.77. The van der Waals surface area contributed by atoms with Gasteiger partial charge < -0.3 is 4.90 Å². The van der Waals surface area contributed by atoms with Crippen LogP contribution in [0.5, 0.6) is 0 Å². The number of rotatable bonds is 2. The first kappa shape index (κ1) is 14.7. The molecule has 0 N–H and O–H groups in total. The Morgan fingerprint density at radius 2 is 2.00 bits per heavy atom. The van der Waals surface area contributed by atoms with Crippen molar-refractivity contribution in [3.8, 4) is 0 Å². The normalized spacial score (nSPS) is 17.8. The fourth-order valence-electron chi connectivity index (χ4n) is 2.94. The minimum Gasteiger partial charge on any atom is -0.338 e. The molecule has 1 amide bonds. The van der Waals surface area contributed by atoms with Gasteiger partial charge in [0.25, 0.3) is 5.91 Å². The van der Waals surface area contributed by atoms with E-state index in [2.05, 4.69) is 11.1 Å². The molecular weight excluding hydrogens is 279 g/mol. The topological polar surface area (TPSA) is 33.2 Å². The molecule has 1 aromatic heterocycles. The summed E-state index contributed by atoms with van der Waals surface area (Å²) < 4.78 is 13.9. The Morgan fingerprint density at radius 1 is 1.23 bits per heavy atom. The van der Waals surface area contributed by atoms with Gasteiger partial charge >= 0.3 is 0 Å². The molecule has 0 aliphatic carbocycles. The van der Waals surface area contributed by atoms with E-state index < -0.39 is 5.82 Å². The number of nitrogens with zero attached hydrogens (tertiary/aromatic N) is 2. The van der Waals surface area contributed by atoms with Crippen LogP contribution < -0.4 is 0 Å². The van der Waals surface area contributed by atoms with Gasteiger partial charge in [0.15, 0.2) is 0 Å². The number of aryl methyl sites for hydroxylation is 2. The van der Waals surface area contributed by atoms with Crippen LogP contribution in [0.1, 0.15) is 39.5 Å². The van der Waals surface area contributed by atoms with Gasteiger partial charge in [-0.05, 0) is 50.1 Å². The number of hydrogen-bond acceptors (Lipinski definition) is 2. The predicted octanol–water partition coefficient (Wildman–Crippen LogP) is 3.47. The Morgan fingerprint density at radius 3 is 2.77 bits per heavy atom. The molecule has 0 radical (unpaired) electrons. The van der Waals surface area contributed by atoms with Crippen molar-refractivity contribution >= 4 is 5.91 Å². The van der Waals surface area contributed by atoms with Crippen LogP contribution in [0.25, 0.3) is 0 Å². The lowest BCUT2D eigenvalue weighted by molar-refractivity contribution is 0.0786. The third kappa shape index (κ3) is 2.86. The molecule has 4 heteroatoms. The van der Waals surface area contributed by atoms with E-state index in [1.165, 1.54) is 11.6 Å². The van der Waals surface area contributed by atoms with E-state index in [9.17, 15) is 9.18 Å². The van der Waals surface area contributed by atoms with E-state index in [1.807, 2.05) is 19.9 Å². The second kappa shape index (κ2) is 5.87. The van der Waals surface area contributed by atoms with Gasteiger partial charge in [-0.25, -0.2) is 4.39 Å². The number of benzene rings is 1. The summed E-state index contributed by atoms with van der Waals surface area (Å²) in [7, 11) is 0. The van der Waals surface area contributed by atoms with Crippen molar-refractivity contribution in [2.45, 2.75) is 26.2 Å². The van der Waals surface area contributed by atoms with E-state index in [0.717, 1.165) is 17.7 Å². The second-order valence-corrected chi connectivity index (χ2v) is 5.98. The van der Waals surface area contributed by atoms with E-state index in [4.69, 9.17) is 0 Å². The summed E-state index contributed by atoms with van der Waals surface area (Å²) in [6.45, 7) is 5.14. The van der Waals surface area contributed by atoms with Gasteiger partial charge in [0.1, 0.15) is 5.82 Å². The van der Waals surface area contributed by atoms with Crippen LogP contribution in [0.15, 0.2) is 36.5 Å². The molecule has 0 unspecified atom stereocenters. The molecule has 2 heterocycles. The molecule has 0 bridgehead atoms. The Bertz CT molecular complexity index is 714. The third-order valence-electron chi connectivity index (χ3n) is 4.18. The molecule has 3 rings (SSSR count). The summed E-state index contributed by atoms with van der Waals surface area (Å²) in [6, 6.07) is 8.68. The van der Waals surface area contributed by atoms with Crippen molar-refractivity contribution in [2.75, 3.05) is 13.1 Å². The smallest absolute Gasteiger partial charge is 0.256 e. The zero-order chi connectivity index (χ0) is 15.7. The highest BCUT2D eigenvalue weighted by molar-refractivity contribution is 5.94. The van der Waals surface area contributed by atoms with Gasteiger partial charge in [0, 0.05) is 30.9 Å². The second-order valence-electron chi connectivity index (χ2n) is 5.98. The van der Waals surface area contributed by atoms with Crippen LogP contribution in [-0.4, -0.2) is 28.9 Å². The van der Waals surface area contributed by atoms with E-state index in [0.29, 0.717) is 13.1 Å². The molecule has 0 saturated carbocycles. The molecule has 1 saturated heterocycles. The fourth-order valence-corrected chi connectivity index (χ4v) is 2.94. The molecule has 1 fully saturated rings. The molecular formula is C18H19FN2O. The maximum atomic E-state index is 13.9. The first-order valence-corrected chi connectivity index (χ1v) is 7.52. The summed E-state index contributed by atoms with van der Waals surface area (Å²) >= 11 is 0. The molecule has 3 nitrogen and oxygen atoms in total. The average molecular weight is 298 g/mol. The number of carbonyl (C=O) groups is 1. The number of carbonyl (C=O) groups excluding carboxylic acids is 1. The number of halogens is 1. The monoisotopic (exact) mass is 298 g/mol. The number of amides is 1. The van der Waals surface area contributed by atoms with Gasteiger partial charge in [-0.1, -0.05) is 11.6 Å². The Hall–Kier alpha value is -2.23. The average Bonchev–Trinajstić information content (AvgIpc) is 2.99. The van der Waals surface area contributed by atoms with Crippen LogP contribution in [0.4, 0.5) is 4.39 Å². The molecule has 1 aliphatic heterocycles. The van der Waals surface area contributed by atoms with Crippen molar-refractivity contribution in [3.63, 3.8) is 0 Å². The first-order valence-electron chi connectivity index (χ1n) is 7.52. The highest BCUT2D eigenvalue weighted by Gasteiger charge is 2.29. The zero-order valence-electron chi connectivity index (χ0n) is 12.8. The van der Waals surface area contributed by atoms with Crippen molar-refractivity contribution in [3.05, 3.63) is 64.7 Å². The lowest BCUT2D eigenvalue weighted by Crippen LogP contribution is -2.29. The Labute approximate surface area is 129 Å². The minimum atomic E-state index is -0.451. The molecule has 0 spiro atoms. The fraction of sp³-hybridized carbons (Fsp3) is 0.333. The summed E-state index contributed by atoms with van der Waals surface area (Å²) in [4.78, 5) is 18.7. The molecule has 1 aromatic carbocycles. The Kier molecular flexibility index (Phi) is 3.92. The molecule has 114 valence electrons. The maximum absolute atomic E-state index is 13.9. The van der Waals surface area contributed by atoms with Crippen LogP contribution >= 0.6 is 0 Å². The van der Waals surface area contributed by atoms with Gasteiger partial charge in [-0.3, -0.25) is 9.78 Å². The van der Waals surface area contributed by atoms with E-state index >= 15 is 0 Å². The number of aromatic nitrogens is 1. The summed E-state index contributed by atoms with van der Waals surface area (Å²) in [6.07, 6.45) is 2.67. The van der Waals surface area contributed by atoms with Crippen LogP contribution in [0.3, 0.4) is 0 Å². The SMILES string of the molecule is Cc1ccnc([C@H]2CCN(C(=O)c3cc(C)ccc3F)C2)c1. The van der Waals surface area contributed by atoms with Crippen molar-refractivity contribution in [1.29, 1.82) is 0 Å². The lowest BCUT2D eigenvalue weighted by atomic mass is 10.0. The number of hydrogen-bond donors (Lipinski definition) is 0. The summed E-state index contributed by atoms with van der Waals surface area (Å²) in [5.74, 6) is -0.444.